The number of aromatic nitrogens is 1. The topological polar surface area (TPSA) is 52.0 Å². The van der Waals surface area contributed by atoms with Gasteiger partial charge in [-0.25, -0.2) is 0 Å². The van der Waals surface area contributed by atoms with Crippen molar-refractivity contribution in [1.29, 1.82) is 0 Å². The Morgan fingerprint density at radius 1 is 1.27 bits per heavy atom. The summed E-state index contributed by atoms with van der Waals surface area (Å²) in [6.45, 7) is 4.09. The number of benzene rings is 1. The molecule has 0 bridgehead atoms. The monoisotopic (exact) mass is 202 g/mol. The molecule has 0 aliphatic rings. The fourth-order valence-electron chi connectivity index (χ4n) is 1.61. The smallest absolute Gasteiger partial charge is 0.230 e. The van der Waals surface area contributed by atoms with E-state index in [1.807, 2.05) is 19.1 Å². The lowest BCUT2D eigenvalue weighted by molar-refractivity contribution is 0.428. The maximum atomic E-state index is 5.76. The Morgan fingerprint density at radius 2 is 1.93 bits per heavy atom. The van der Waals surface area contributed by atoms with Crippen LogP contribution in [-0.2, 0) is 6.42 Å². The first-order valence-corrected chi connectivity index (χ1v) is 5.03. The van der Waals surface area contributed by atoms with Gasteiger partial charge in [-0.1, -0.05) is 41.9 Å². The van der Waals surface area contributed by atoms with Crippen LogP contribution in [0.3, 0.4) is 0 Å². The highest BCUT2D eigenvalue weighted by Crippen LogP contribution is 2.29. The second-order valence-corrected chi connectivity index (χ2v) is 3.59. The van der Waals surface area contributed by atoms with Gasteiger partial charge in [-0.3, -0.25) is 0 Å². The first kappa shape index (κ1) is 9.77. The van der Waals surface area contributed by atoms with Crippen LogP contribution in [0.15, 0.2) is 28.8 Å². The van der Waals surface area contributed by atoms with Crippen LogP contribution < -0.4 is 5.73 Å². The molecular weight excluding hydrogens is 188 g/mol. The van der Waals surface area contributed by atoms with Gasteiger partial charge < -0.3 is 10.3 Å². The van der Waals surface area contributed by atoms with E-state index in [9.17, 15) is 0 Å². The summed E-state index contributed by atoms with van der Waals surface area (Å²) in [5.41, 5.74) is 9.89. The summed E-state index contributed by atoms with van der Waals surface area (Å²) < 4.78 is 5.00. The summed E-state index contributed by atoms with van der Waals surface area (Å²) in [7, 11) is 0. The van der Waals surface area contributed by atoms with Crippen molar-refractivity contribution in [1.82, 2.24) is 5.16 Å². The molecule has 2 rings (SSSR count). The van der Waals surface area contributed by atoms with E-state index in [2.05, 4.69) is 24.2 Å². The molecule has 1 aromatic heterocycles. The minimum absolute atomic E-state index is 0.399. The highest BCUT2D eigenvalue weighted by atomic mass is 16.5. The molecule has 2 aromatic rings. The van der Waals surface area contributed by atoms with Gasteiger partial charge in [-0.05, 0) is 18.9 Å². The Kier molecular flexibility index (Phi) is 2.46. The van der Waals surface area contributed by atoms with Gasteiger partial charge >= 0.3 is 0 Å². The standard InChI is InChI=1S/C12H14N2O/c1-3-10-11(12(13)15-14-10)9-6-4-8(2)5-7-9/h4-7H,3,13H2,1-2H3. The molecule has 0 atom stereocenters. The zero-order valence-corrected chi connectivity index (χ0v) is 8.95. The van der Waals surface area contributed by atoms with Crippen LogP contribution >= 0.6 is 0 Å². The van der Waals surface area contributed by atoms with Gasteiger partial charge in [0.2, 0.25) is 5.88 Å². The normalized spacial score (nSPS) is 10.5. The average molecular weight is 202 g/mol. The quantitative estimate of drug-likeness (QED) is 0.814. The van der Waals surface area contributed by atoms with E-state index in [4.69, 9.17) is 10.3 Å². The summed E-state index contributed by atoms with van der Waals surface area (Å²) in [6, 6.07) is 8.19. The maximum absolute atomic E-state index is 5.76. The Balaban J connectivity index is 2.52. The fraction of sp³-hybridized carbons (Fsp3) is 0.250. The summed E-state index contributed by atoms with van der Waals surface area (Å²) in [6.07, 6.45) is 0.823. The highest BCUT2D eigenvalue weighted by Gasteiger charge is 2.13. The first-order valence-electron chi connectivity index (χ1n) is 5.03. The molecule has 0 aliphatic heterocycles. The Bertz CT molecular complexity index is 457. The summed E-state index contributed by atoms with van der Waals surface area (Å²) >= 11 is 0. The average Bonchev–Trinajstić information content (AvgIpc) is 2.61. The van der Waals surface area contributed by atoms with Gasteiger partial charge in [0.05, 0.1) is 11.3 Å². The molecule has 3 heteroatoms. The van der Waals surface area contributed by atoms with E-state index in [0.29, 0.717) is 5.88 Å². The van der Waals surface area contributed by atoms with Crippen LogP contribution in [0, 0.1) is 6.92 Å². The van der Waals surface area contributed by atoms with Crippen molar-refractivity contribution in [3.63, 3.8) is 0 Å². The third-order valence-corrected chi connectivity index (χ3v) is 2.46. The number of nitrogen functional groups attached to an aromatic ring is 1. The van der Waals surface area contributed by atoms with E-state index in [-0.39, 0.29) is 0 Å². The van der Waals surface area contributed by atoms with Gasteiger partial charge in [0.1, 0.15) is 0 Å². The lowest BCUT2D eigenvalue weighted by Crippen LogP contribution is -1.89. The minimum Gasteiger partial charge on any atom is -0.367 e. The number of hydrogen-bond donors (Lipinski definition) is 1. The maximum Gasteiger partial charge on any atom is 0.230 e. The molecule has 2 N–H and O–H groups in total. The fourth-order valence-corrected chi connectivity index (χ4v) is 1.61. The van der Waals surface area contributed by atoms with Crippen molar-refractivity contribution in [2.24, 2.45) is 0 Å². The van der Waals surface area contributed by atoms with Gasteiger partial charge in [-0.15, -0.1) is 0 Å². The lowest BCUT2D eigenvalue weighted by Gasteiger charge is -2.01. The van der Waals surface area contributed by atoms with Crippen molar-refractivity contribution < 1.29 is 4.52 Å². The number of hydrogen-bond acceptors (Lipinski definition) is 3. The molecule has 1 heterocycles. The third kappa shape index (κ3) is 1.73. The van der Waals surface area contributed by atoms with Crippen molar-refractivity contribution >= 4 is 5.88 Å². The molecule has 0 radical (unpaired) electrons. The zero-order chi connectivity index (χ0) is 10.8. The largest absolute Gasteiger partial charge is 0.367 e. The second-order valence-electron chi connectivity index (χ2n) is 3.59. The van der Waals surface area contributed by atoms with Crippen molar-refractivity contribution in [2.75, 3.05) is 5.73 Å². The number of anilines is 1. The number of nitrogens with two attached hydrogens (primary N) is 1. The van der Waals surface area contributed by atoms with E-state index in [0.717, 1.165) is 23.2 Å². The Morgan fingerprint density at radius 3 is 2.53 bits per heavy atom. The zero-order valence-electron chi connectivity index (χ0n) is 8.95. The molecule has 0 aliphatic carbocycles. The summed E-state index contributed by atoms with van der Waals surface area (Å²) in [4.78, 5) is 0. The van der Waals surface area contributed by atoms with Crippen LogP contribution in [0.4, 0.5) is 5.88 Å². The summed E-state index contributed by atoms with van der Waals surface area (Å²) in [5.74, 6) is 0.399. The van der Waals surface area contributed by atoms with E-state index < -0.39 is 0 Å². The molecule has 78 valence electrons. The molecule has 0 saturated heterocycles. The molecular formula is C12H14N2O. The SMILES string of the molecule is CCc1noc(N)c1-c1ccc(C)cc1. The molecule has 0 saturated carbocycles. The minimum atomic E-state index is 0.399. The van der Waals surface area contributed by atoms with Crippen LogP contribution in [0.1, 0.15) is 18.2 Å². The molecule has 0 spiro atoms. The van der Waals surface area contributed by atoms with Crippen molar-refractivity contribution in [3.8, 4) is 11.1 Å². The molecule has 0 fully saturated rings. The lowest BCUT2D eigenvalue weighted by atomic mass is 10.0. The molecule has 15 heavy (non-hydrogen) atoms. The number of aryl methyl sites for hydroxylation is 2. The van der Waals surface area contributed by atoms with Gasteiger partial charge in [0.15, 0.2) is 0 Å². The van der Waals surface area contributed by atoms with E-state index in [1.165, 1.54) is 5.56 Å². The van der Waals surface area contributed by atoms with Crippen LogP contribution in [0.5, 0.6) is 0 Å². The summed E-state index contributed by atoms with van der Waals surface area (Å²) in [5, 5.41) is 3.93. The van der Waals surface area contributed by atoms with Crippen LogP contribution in [0.25, 0.3) is 11.1 Å². The number of rotatable bonds is 2. The van der Waals surface area contributed by atoms with Gasteiger partial charge in [-0.2, -0.15) is 0 Å². The predicted octanol–water partition coefficient (Wildman–Crippen LogP) is 2.79. The number of nitrogens with zero attached hydrogens (tertiary/aromatic N) is 1. The third-order valence-electron chi connectivity index (χ3n) is 2.46. The van der Waals surface area contributed by atoms with Gasteiger partial charge in [0.25, 0.3) is 0 Å². The molecule has 3 nitrogen and oxygen atoms in total. The van der Waals surface area contributed by atoms with Crippen molar-refractivity contribution in [3.05, 3.63) is 35.5 Å². The molecule has 0 unspecified atom stereocenters. The first-order chi connectivity index (χ1) is 7.22. The van der Waals surface area contributed by atoms with Gasteiger partial charge in [0, 0.05) is 0 Å². The molecule has 0 amide bonds. The van der Waals surface area contributed by atoms with E-state index in [1.54, 1.807) is 0 Å². The predicted molar refractivity (Wildman–Crippen MR) is 60.5 cm³/mol. The van der Waals surface area contributed by atoms with E-state index >= 15 is 0 Å². The molecule has 1 aromatic carbocycles. The van der Waals surface area contributed by atoms with Crippen LogP contribution in [0.2, 0.25) is 0 Å². The van der Waals surface area contributed by atoms with Crippen molar-refractivity contribution in [2.45, 2.75) is 20.3 Å². The van der Waals surface area contributed by atoms with Crippen LogP contribution in [-0.4, -0.2) is 5.16 Å². The highest BCUT2D eigenvalue weighted by molar-refractivity contribution is 5.75. The Labute approximate surface area is 88.9 Å². The Hall–Kier alpha value is -1.77. The second kappa shape index (κ2) is 3.77.